The van der Waals surface area contributed by atoms with Crippen LogP contribution in [0.25, 0.3) is 0 Å². The highest BCUT2D eigenvalue weighted by Crippen LogP contribution is 2.10. The average molecular weight is 203 g/mol. The summed E-state index contributed by atoms with van der Waals surface area (Å²) in [7, 11) is 0. The highest BCUT2D eigenvalue weighted by Gasteiger charge is 2.11. The molecule has 0 aromatic rings. The van der Waals surface area contributed by atoms with Gasteiger partial charge in [0.1, 0.15) is 0 Å². The van der Waals surface area contributed by atoms with E-state index in [1.165, 1.54) is 0 Å². The lowest BCUT2D eigenvalue weighted by Gasteiger charge is -2.09. The number of hydrogen-bond acceptors (Lipinski definition) is 5. The fraction of sp³-hybridized carbons (Fsp3) is 0.889. The molecule has 0 spiro atoms. The SMILES string of the molecule is O=[C]C1CCCCCCCOOOO1. The van der Waals surface area contributed by atoms with Crippen molar-refractivity contribution >= 4 is 6.29 Å². The van der Waals surface area contributed by atoms with Crippen LogP contribution in [0.1, 0.15) is 38.5 Å². The molecule has 5 nitrogen and oxygen atoms in total. The monoisotopic (exact) mass is 203 g/mol. The second kappa shape index (κ2) is 7.87. The van der Waals surface area contributed by atoms with Gasteiger partial charge in [-0.1, -0.05) is 25.7 Å². The van der Waals surface area contributed by atoms with Crippen LogP contribution in [0.15, 0.2) is 0 Å². The molecule has 1 rings (SSSR count). The van der Waals surface area contributed by atoms with Gasteiger partial charge < -0.3 is 0 Å². The standard InChI is InChI=1S/C9H15O5/c10-8-9-6-4-2-1-3-5-7-11-13-14-12-9/h9H,1-7H2. The summed E-state index contributed by atoms with van der Waals surface area (Å²) in [6.45, 7) is 0.471. The van der Waals surface area contributed by atoms with Crippen LogP contribution in [-0.2, 0) is 24.6 Å². The van der Waals surface area contributed by atoms with Crippen molar-refractivity contribution in [1.82, 2.24) is 0 Å². The lowest BCUT2D eigenvalue weighted by molar-refractivity contribution is -0.638. The van der Waals surface area contributed by atoms with E-state index in [1.54, 1.807) is 6.29 Å². The van der Waals surface area contributed by atoms with Gasteiger partial charge in [0.15, 0.2) is 6.10 Å². The Morgan fingerprint density at radius 3 is 2.64 bits per heavy atom. The smallest absolute Gasteiger partial charge is 0.233 e. The zero-order chi connectivity index (χ0) is 10.1. The summed E-state index contributed by atoms with van der Waals surface area (Å²) >= 11 is 0. The lowest BCUT2D eigenvalue weighted by atomic mass is 10.1. The highest BCUT2D eigenvalue weighted by molar-refractivity contribution is 5.56. The number of rotatable bonds is 1. The first-order chi connectivity index (χ1) is 6.93. The molecule has 1 aliphatic heterocycles. The van der Waals surface area contributed by atoms with Crippen LogP contribution < -0.4 is 0 Å². The molecule has 0 saturated carbocycles. The maximum absolute atomic E-state index is 10.4. The summed E-state index contributed by atoms with van der Waals surface area (Å²) < 4.78 is 0. The van der Waals surface area contributed by atoms with Gasteiger partial charge in [-0.25, -0.2) is 4.89 Å². The minimum absolute atomic E-state index is 0.471. The van der Waals surface area contributed by atoms with E-state index in [0.717, 1.165) is 32.1 Å². The van der Waals surface area contributed by atoms with Gasteiger partial charge in [-0.3, -0.25) is 4.79 Å². The molecule has 0 aromatic heterocycles. The molecule has 0 bridgehead atoms. The third-order valence-electron chi connectivity index (χ3n) is 2.06. The predicted octanol–water partition coefficient (Wildman–Crippen LogP) is 1.63. The molecule has 1 radical (unpaired) electrons. The quantitative estimate of drug-likeness (QED) is 0.606. The molecule has 1 unspecified atom stereocenters. The zero-order valence-corrected chi connectivity index (χ0v) is 8.07. The Kier molecular flexibility index (Phi) is 6.51. The van der Waals surface area contributed by atoms with E-state index in [0.29, 0.717) is 13.0 Å². The van der Waals surface area contributed by atoms with Crippen molar-refractivity contribution in [2.75, 3.05) is 6.61 Å². The number of hydrogen-bond donors (Lipinski definition) is 0. The summed E-state index contributed by atoms with van der Waals surface area (Å²) in [4.78, 5) is 19.6. The molecule has 1 atom stereocenters. The first-order valence-corrected chi connectivity index (χ1v) is 4.93. The van der Waals surface area contributed by atoms with Gasteiger partial charge in [0, 0.05) is 0 Å². The summed E-state index contributed by atoms with van der Waals surface area (Å²) in [5.41, 5.74) is 0. The van der Waals surface area contributed by atoms with Gasteiger partial charge in [-0.15, -0.1) is 0 Å². The minimum atomic E-state index is -0.682. The third kappa shape index (κ3) is 5.29. The Morgan fingerprint density at radius 1 is 1.00 bits per heavy atom. The lowest BCUT2D eigenvalue weighted by Crippen LogP contribution is -2.15. The highest BCUT2D eigenvalue weighted by atomic mass is 17.7. The van der Waals surface area contributed by atoms with E-state index in [2.05, 4.69) is 19.9 Å². The van der Waals surface area contributed by atoms with Crippen LogP contribution in [0, 0.1) is 0 Å². The van der Waals surface area contributed by atoms with Crippen LogP contribution in [0.3, 0.4) is 0 Å². The van der Waals surface area contributed by atoms with E-state index < -0.39 is 6.10 Å². The van der Waals surface area contributed by atoms with Crippen LogP contribution in [-0.4, -0.2) is 19.0 Å². The van der Waals surface area contributed by atoms with E-state index in [4.69, 9.17) is 0 Å². The van der Waals surface area contributed by atoms with Crippen LogP contribution in [0.4, 0.5) is 0 Å². The molecule has 0 aliphatic carbocycles. The molecular weight excluding hydrogens is 188 g/mol. The first kappa shape index (κ1) is 11.6. The molecule has 1 aliphatic rings. The third-order valence-corrected chi connectivity index (χ3v) is 2.06. The predicted molar refractivity (Wildman–Crippen MR) is 46.4 cm³/mol. The Labute approximate surface area is 83.1 Å². The van der Waals surface area contributed by atoms with E-state index >= 15 is 0 Å². The fourth-order valence-electron chi connectivity index (χ4n) is 1.26. The maximum atomic E-state index is 10.4. The molecule has 0 aromatic carbocycles. The number of carbonyl (C=O) groups excluding carboxylic acids is 1. The molecule has 1 heterocycles. The van der Waals surface area contributed by atoms with Crippen molar-refractivity contribution < 1.29 is 24.6 Å². The maximum Gasteiger partial charge on any atom is 0.233 e. The van der Waals surface area contributed by atoms with Crippen molar-refractivity contribution in [1.29, 1.82) is 0 Å². The van der Waals surface area contributed by atoms with E-state index in [-0.39, 0.29) is 0 Å². The molecule has 0 N–H and O–H groups in total. The van der Waals surface area contributed by atoms with Gasteiger partial charge in [-0.05, 0) is 22.9 Å². The van der Waals surface area contributed by atoms with Crippen molar-refractivity contribution in [3.63, 3.8) is 0 Å². The van der Waals surface area contributed by atoms with Gasteiger partial charge in [0.25, 0.3) is 0 Å². The topological polar surface area (TPSA) is 54.0 Å². The fourth-order valence-corrected chi connectivity index (χ4v) is 1.26. The summed E-state index contributed by atoms with van der Waals surface area (Å²) in [6, 6.07) is 0. The van der Waals surface area contributed by atoms with E-state index in [1.807, 2.05) is 0 Å². The molecule has 14 heavy (non-hydrogen) atoms. The Bertz CT molecular complexity index is 138. The van der Waals surface area contributed by atoms with Crippen molar-refractivity contribution in [3.05, 3.63) is 0 Å². The second-order valence-corrected chi connectivity index (χ2v) is 3.22. The molecule has 1 saturated heterocycles. The summed E-state index contributed by atoms with van der Waals surface area (Å²) in [5.74, 6) is 0. The summed E-state index contributed by atoms with van der Waals surface area (Å²) in [5, 5.41) is 8.46. The summed E-state index contributed by atoms with van der Waals surface area (Å²) in [6.07, 6.45) is 6.83. The molecule has 1 fully saturated rings. The van der Waals surface area contributed by atoms with Gasteiger partial charge in [0.2, 0.25) is 6.29 Å². The van der Waals surface area contributed by atoms with Crippen LogP contribution >= 0.6 is 0 Å². The Balaban J connectivity index is 2.20. The second-order valence-electron chi connectivity index (χ2n) is 3.22. The largest absolute Gasteiger partial charge is 0.288 e. The van der Waals surface area contributed by atoms with Crippen LogP contribution in [0.2, 0.25) is 0 Å². The average Bonchev–Trinajstić information content (AvgIpc) is 2.19. The van der Waals surface area contributed by atoms with Gasteiger partial charge in [-0.2, -0.15) is 4.89 Å². The van der Waals surface area contributed by atoms with E-state index in [9.17, 15) is 4.79 Å². The van der Waals surface area contributed by atoms with Gasteiger partial charge in [0.05, 0.1) is 6.61 Å². The van der Waals surface area contributed by atoms with Crippen molar-refractivity contribution in [2.24, 2.45) is 0 Å². The molecule has 0 amide bonds. The Hall–Kier alpha value is -0.490. The van der Waals surface area contributed by atoms with Gasteiger partial charge >= 0.3 is 0 Å². The van der Waals surface area contributed by atoms with Crippen LogP contribution in [0.5, 0.6) is 0 Å². The molecule has 5 heteroatoms. The van der Waals surface area contributed by atoms with Crippen molar-refractivity contribution in [2.45, 2.75) is 44.6 Å². The first-order valence-electron chi connectivity index (χ1n) is 4.93. The van der Waals surface area contributed by atoms with Crippen molar-refractivity contribution in [3.8, 4) is 0 Å². The Morgan fingerprint density at radius 2 is 1.79 bits per heavy atom. The normalized spacial score (nSPS) is 27.3. The minimum Gasteiger partial charge on any atom is -0.288 e. The zero-order valence-electron chi connectivity index (χ0n) is 8.07. The molecular formula is C9H15O5. The molecule has 81 valence electrons.